The third kappa shape index (κ3) is 2.85. The summed E-state index contributed by atoms with van der Waals surface area (Å²) in [6.07, 6.45) is 0. The van der Waals surface area contributed by atoms with Crippen LogP contribution in [0.2, 0.25) is 0 Å². The number of nitrogens with one attached hydrogen (secondary N) is 1. The normalized spacial score (nSPS) is 11.2. The molecule has 19 heavy (non-hydrogen) atoms. The van der Waals surface area contributed by atoms with Crippen LogP contribution < -0.4 is 4.72 Å². The topological polar surface area (TPSA) is 127 Å². The Labute approximate surface area is 107 Å². The summed E-state index contributed by atoms with van der Waals surface area (Å²) in [6, 6.07) is 4.76. The number of carboxylic acids is 1. The summed E-state index contributed by atoms with van der Waals surface area (Å²) >= 11 is 0. The van der Waals surface area contributed by atoms with Gasteiger partial charge in [0.25, 0.3) is 16.0 Å². The van der Waals surface area contributed by atoms with Gasteiger partial charge in [0.2, 0.25) is 0 Å². The largest absolute Gasteiger partial charge is 0.478 e. The highest BCUT2D eigenvalue weighted by Crippen LogP contribution is 2.13. The van der Waals surface area contributed by atoms with Gasteiger partial charge in [0.15, 0.2) is 0 Å². The fourth-order valence-corrected chi connectivity index (χ4v) is 2.22. The van der Waals surface area contributed by atoms with Crippen LogP contribution in [0.4, 0.5) is 5.95 Å². The molecule has 0 atom stereocenters. The fraction of sp³-hybridized carbons (Fsp3) is 0.111. The molecule has 0 fully saturated rings. The van der Waals surface area contributed by atoms with Crippen LogP contribution >= 0.6 is 0 Å². The Hall–Kier alpha value is -2.49. The number of benzene rings is 1. The number of anilines is 1. The molecule has 0 aliphatic rings. The summed E-state index contributed by atoms with van der Waals surface area (Å²) in [7, 11) is -2.37. The summed E-state index contributed by atoms with van der Waals surface area (Å²) in [6.45, 7) is 0. The minimum Gasteiger partial charge on any atom is -0.478 e. The molecule has 9 nitrogen and oxygen atoms in total. The molecule has 0 aliphatic heterocycles. The zero-order valence-electron chi connectivity index (χ0n) is 9.68. The lowest BCUT2D eigenvalue weighted by Gasteiger charge is -2.04. The van der Waals surface area contributed by atoms with Gasteiger partial charge in [0.05, 0.1) is 17.5 Å². The second kappa shape index (κ2) is 4.65. The predicted molar refractivity (Wildman–Crippen MR) is 63.0 cm³/mol. The molecule has 0 amide bonds. The van der Waals surface area contributed by atoms with Gasteiger partial charge < -0.3 is 5.11 Å². The number of aryl methyl sites for hydroxylation is 1. The van der Waals surface area contributed by atoms with E-state index in [4.69, 9.17) is 5.11 Å². The van der Waals surface area contributed by atoms with Crippen molar-refractivity contribution in [2.24, 2.45) is 7.05 Å². The molecule has 2 rings (SSSR count). The number of sulfonamides is 1. The number of carbonyl (C=O) groups is 1. The Morgan fingerprint density at radius 1 is 1.32 bits per heavy atom. The third-order valence-corrected chi connectivity index (χ3v) is 3.49. The molecule has 0 saturated heterocycles. The first-order chi connectivity index (χ1) is 8.88. The van der Waals surface area contributed by atoms with Crippen molar-refractivity contribution in [2.75, 3.05) is 4.72 Å². The van der Waals surface area contributed by atoms with Gasteiger partial charge in [0, 0.05) is 0 Å². The molecule has 2 aromatic rings. The maximum absolute atomic E-state index is 11.9. The predicted octanol–water partition coefficient (Wildman–Crippen LogP) is -0.291. The van der Waals surface area contributed by atoms with Crippen molar-refractivity contribution in [3.8, 4) is 0 Å². The van der Waals surface area contributed by atoms with Crippen molar-refractivity contribution in [3.63, 3.8) is 0 Å². The van der Waals surface area contributed by atoms with E-state index in [-0.39, 0.29) is 16.4 Å². The van der Waals surface area contributed by atoms with Gasteiger partial charge in [-0.1, -0.05) is 5.10 Å². The smallest absolute Gasteiger partial charge is 0.335 e. The molecule has 0 unspecified atom stereocenters. The van der Waals surface area contributed by atoms with Gasteiger partial charge in [0.1, 0.15) is 0 Å². The van der Waals surface area contributed by atoms with Crippen LogP contribution in [0.1, 0.15) is 10.4 Å². The number of carboxylic acid groups (broad SMARTS) is 1. The Kier molecular flexibility index (Phi) is 3.17. The quantitative estimate of drug-likeness (QED) is 0.789. The van der Waals surface area contributed by atoms with Crippen LogP contribution in [0.5, 0.6) is 0 Å². The minimum atomic E-state index is -3.86. The van der Waals surface area contributed by atoms with E-state index in [9.17, 15) is 13.2 Å². The molecule has 1 heterocycles. The summed E-state index contributed by atoms with van der Waals surface area (Å²) < 4.78 is 26.0. The number of hydrogen-bond acceptors (Lipinski definition) is 6. The molecule has 0 spiro atoms. The highest BCUT2D eigenvalue weighted by atomic mass is 32.2. The SMILES string of the molecule is Cn1nnc(NS(=O)(=O)c2ccc(C(=O)O)cc2)n1. The zero-order valence-corrected chi connectivity index (χ0v) is 10.5. The molecule has 10 heteroatoms. The number of aromatic carboxylic acids is 1. The van der Waals surface area contributed by atoms with E-state index < -0.39 is 16.0 Å². The third-order valence-electron chi connectivity index (χ3n) is 2.15. The van der Waals surface area contributed by atoms with Crippen LogP contribution in [0.15, 0.2) is 29.2 Å². The maximum Gasteiger partial charge on any atom is 0.335 e. The van der Waals surface area contributed by atoms with Crippen LogP contribution in [0.3, 0.4) is 0 Å². The first-order valence-corrected chi connectivity index (χ1v) is 6.47. The van der Waals surface area contributed by atoms with Gasteiger partial charge in [-0.25, -0.2) is 17.9 Å². The van der Waals surface area contributed by atoms with Crippen molar-refractivity contribution in [1.82, 2.24) is 20.2 Å². The number of rotatable bonds is 4. The molecule has 0 radical (unpaired) electrons. The fourth-order valence-electron chi connectivity index (χ4n) is 1.28. The lowest BCUT2D eigenvalue weighted by molar-refractivity contribution is 0.0696. The molecule has 0 aliphatic carbocycles. The van der Waals surface area contributed by atoms with E-state index >= 15 is 0 Å². The summed E-state index contributed by atoms with van der Waals surface area (Å²) in [5.74, 6) is -1.29. The lowest BCUT2D eigenvalue weighted by Crippen LogP contribution is -2.14. The monoisotopic (exact) mass is 283 g/mol. The maximum atomic E-state index is 11.9. The molecular formula is C9H9N5O4S. The molecule has 2 N–H and O–H groups in total. The van der Waals surface area contributed by atoms with Crippen LogP contribution in [0.25, 0.3) is 0 Å². The molecule has 100 valence electrons. The van der Waals surface area contributed by atoms with Crippen molar-refractivity contribution < 1.29 is 18.3 Å². The first kappa shape index (κ1) is 13.0. The number of aromatic nitrogens is 4. The van der Waals surface area contributed by atoms with E-state index in [1.165, 1.54) is 31.3 Å². The van der Waals surface area contributed by atoms with Crippen LogP contribution in [-0.4, -0.2) is 39.7 Å². The Balaban J connectivity index is 2.26. The standard InChI is InChI=1S/C9H9N5O4S/c1-14-11-9(10-13-14)12-19(17,18)7-4-2-6(3-5-7)8(15)16/h2-5H,1H3,(H,11,12)(H,15,16). The van der Waals surface area contributed by atoms with E-state index in [0.717, 1.165) is 4.80 Å². The van der Waals surface area contributed by atoms with E-state index in [2.05, 4.69) is 20.1 Å². The van der Waals surface area contributed by atoms with Crippen LogP contribution in [0, 0.1) is 0 Å². The number of tetrazole rings is 1. The van der Waals surface area contributed by atoms with Crippen molar-refractivity contribution >= 4 is 21.9 Å². The highest BCUT2D eigenvalue weighted by molar-refractivity contribution is 7.92. The Morgan fingerprint density at radius 3 is 2.42 bits per heavy atom. The number of nitrogens with zero attached hydrogens (tertiary/aromatic N) is 4. The summed E-state index contributed by atoms with van der Waals surface area (Å²) in [5.41, 5.74) is -0.00317. The molecule has 0 saturated carbocycles. The Bertz CT molecular complexity index is 706. The first-order valence-electron chi connectivity index (χ1n) is 4.99. The van der Waals surface area contributed by atoms with Gasteiger partial charge >= 0.3 is 5.97 Å². The zero-order chi connectivity index (χ0) is 14.0. The summed E-state index contributed by atoms with van der Waals surface area (Å²) in [4.78, 5) is 11.7. The Morgan fingerprint density at radius 2 is 1.95 bits per heavy atom. The molecule has 1 aromatic carbocycles. The average molecular weight is 283 g/mol. The van der Waals surface area contributed by atoms with Crippen molar-refractivity contribution in [2.45, 2.75) is 4.90 Å². The highest BCUT2D eigenvalue weighted by Gasteiger charge is 2.17. The lowest BCUT2D eigenvalue weighted by atomic mass is 10.2. The minimum absolute atomic E-state index is 0.00317. The van der Waals surface area contributed by atoms with Crippen molar-refractivity contribution in [3.05, 3.63) is 29.8 Å². The van der Waals surface area contributed by atoms with Gasteiger partial charge in [-0.3, -0.25) is 0 Å². The second-order valence-electron chi connectivity index (χ2n) is 3.54. The van der Waals surface area contributed by atoms with E-state index in [0.29, 0.717) is 0 Å². The van der Waals surface area contributed by atoms with E-state index in [1.807, 2.05) is 0 Å². The molecule has 0 bridgehead atoms. The average Bonchev–Trinajstić information content (AvgIpc) is 2.74. The van der Waals surface area contributed by atoms with Crippen molar-refractivity contribution in [1.29, 1.82) is 0 Å². The van der Waals surface area contributed by atoms with Crippen LogP contribution in [-0.2, 0) is 17.1 Å². The summed E-state index contributed by atoms with van der Waals surface area (Å²) in [5, 5.41) is 19.4. The van der Waals surface area contributed by atoms with Gasteiger partial charge in [-0.15, -0.1) is 5.10 Å². The van der Waals surface area contributed by atoms with E-state index in [1.54, 1.807) is 0 Å². The number of hydrogen-bond donors (Lipinski definition) is 2. The molecular weight excluding hydrogens is 274 g/mol. The van der Waals surface area contributed by atoms with Gasteiger partial charge in [-0.05, 0) is 29.5 Å². The van der Waals surface area contributed by atoms with Gasteiger partial charge in [-0.2, -0.15) is 4.80 Å². The second-order valence-corrected chi connectivity index (χ2v) is 5.22. The molecule has 1 aromatic heterocycles.